The van der Waals surface area contributed by atoms with E-state index in [2.05, 4.69) is 0 Å². The highest BCUT2D eigenvalue weighted by molar-refractivity contribution is 6.70. The van der Waals surface area contributed by atoms with E-state index >= 15 is 0 Å². The van der Waals surface area contributed by atoms with Gasteiger partial charge in [-0.2, -0.15) is 0 Å². The molecule has 0 aromatic heterocycles. The number of hydrogen-bond acceptors (Lipinski definition) is 4. The molecule has 1 N–H and O–H groups in total. The first-order chi connectivity index (χ1) is 6.63. The number of rotatable bonds is 4. The third-order valence-electron chi connectivity index (χ3n) is 1.57. The summed E-state index contributed by atoms with van der Waals surface area (Å²) in [6, 6.07) is 0. The minimum absolute atomic E-state index is 0.409. The lowest BCUT2D eigenvalue weighted by Gasteiger charge is -2.21. The Balaban J connectivity index is 4.57. The molecule has 88 valence electrons. The van der Waals surface area contributed by atoms with Crippen molar-refractivity contribution in [2.24, 2.45) is 0 Å². The Bertz CT molecular complexity index is 266. The minimum atomic E-state index is -1.69. The Morgan fingerprint density at radius 1 is 1.33 bits per heavy atom. The van der Waals surface area contributed by atoms with Gasteiger partial charge in [-0.05, 0) is 33.5 Å². The third-order valence-corrected chi connectivity index (χ3v) is 2.73. The number of ether oxygens (including phenoxy) is 1. The van der Waals surface area contributed by atoms with Crippen molar-refractivity contribution < 1.29 is 19.1 Å². The van der Waals surface area contributed by atoms with Crippen LogP contribution in [0.25, 0.3) is 0 Å². The number of carbonyl (C=O) groups is 1. The van der Waals surface area contributed by atoms with Crippen molar-refractivity contribution in [3.8, 4) is 0 Å². The van der Waals surface area contributed by atoms with Crippen molar-refractivity contribution in [3.63, 3.8) is 0 Å². The van der Waals surface area contributed by atoms with Crippen LogP contribution in [0.1, 0.15) is 13.8 Å². The molecule has 0 spiro atoms. The Labute approximate surface area is 94.8 Å². The summed E-state index contributed by atoms with van der Waals surface area (Å²) in [6.45, 7) is 9.50. The fraction of sp³-hybridized carbons (Fsp3) is 0.667. The molecule has 0 aliphatic carbocycles. The molecule has 0 radical (unpaired) electrons. The van der Waals surface area contributed by atoms with Gasteiger partial charge in [0, 0.05) is 0 Å². The summed E-state index contributed by atoms with van der Waals surface area (Å²) in [5.74, 6) is -0.873. The van der Waals surface area contributed by atoms with Crippen molar-refractivity contribution in [1.82, 2.24) is 0 Å². The van der Waals surface area contributed by atoms with Crippen molar-refractivity contribution in [1.29, 1.82) is 0 Å². The largest absolute Gasteiger partial charge is 0.547 e. The van der Waals surface area contributed by atoms with Crippen LogP contribution in [0.3, 0.4) is 0 Å². The third kappa shape index (κ3) is 6.48. The summed E-state index contributed by atoms with van der Waals surface area (Å²) in [5.41, 5.74) is 0.423. The molecule has 4 nitrogen and oxygen atoms in total. The van der Waals surface area contributed by atoms with Crippen LogP contribution in [-0.4, -0.2) is 35.5 Å². The molecule has 1 unspecified atom stereocenters. The van der Waals surface area contributed by atoms with Gasteiger partial charge in [-0.25, -0.2) is 4.79 Å². The average molecular weight is 248 g/mol. The first-order valence-electron chi connectivity index (χ1n) is 4.89. The van der Waals surface area contributed by atoms with E-state index in [-0.39, 0.29) is 0 Å². The van der Waals surface area contributed by atoms with Crippen LogP contribution >= 0.6 is 0 Å². The van der Waals surface area contributed by atoms with E-state index in [1.807, 2.05) is 19.6 Å². The lowest BCUT2D eigenvalue weighted by Crippen LogP contribution is -2.26. The van der Waals surface area contributed by atoms with Crippen molar-refractivity contribution in [2.75, 3.05) is 0 Å². The first-order valence-corrected chi connectivity index (χ1v) is 9.45. The van der Waals surface area contributed by atoms with E-state index in [9.17, 15) is 4.79 Å². The summed E-state index contributed by atoms with van der Waals surface area (Å²) in [7, 11) is -1.28. The van der Waals surface area contributed by atoms with Gasteiger partial charge in [0.15, 0.2) is 5.91 Å². The Kier molecular flexibility index (Phi) is 5.26. The molecule has 0 rings (SSSR count). The van der Waals surface area contributed by atoms with Crippen molar-refractivity contribution in [2.45, 2.75) is 39.4 Å². The molecule has 0 amide bonds. The van der Waals surface area contributed by atoms with Crippen molar-refractivity contribution in [3.05, 3.63) is 11.3 Å². The van der Waals surface area contributed by atoms with Gasteiger partial charge < -0.3 is 14.3 Å². The van der Waals surface area contributed by atoms with Gasteiger partial charge in [-0.15, -0.1) is 0 Å². The van der Waals surface area contributed by atoms with Crippen LogP contribution in [0.15, 0.2) is 11.3 Å². The van der Waals surface area contributed by atoms with Gasteiger partial charge in [0.25, 0.3) is 0 Å². The quantitative estimate of drug-likeness (QED) is 0.256. The minimum Gasteiger partial charge on any atom is -0.547 e. The monoisotopic (exact) mass is 248 g/mol. The fourth-order valence-corrected chi connectivity index (χ4v) is 2.21. The molecule has 6 heteroatoms. The van der Waals surface area contributed by atoms with Crippen LogP contribution in [0.2, 0.25) is 19.6 Å². The van der Waals surface area contributed by atoms with Gasteiger partial charge >= 0.3 is 5.97 Å². The standard InChI is InChI=1S/C9H20O4Si2/c1-6(8(10)12-9(11)14)7(2)13-15(3,4)5/h9,11H,1-5,14H3. The molecule has 0 saturated heterocycles. The first kappa shape index (κ1) is 14.4. The average Bonchev–Trinajstić information content (AvgIpc) is 1.98. The molecule has 0 fully saturated rings. The zero-order chi connectivity index (χ0) is 12.2. The molecular weight excluding hydrogens is 228 g/mol. The summed E-state index contributed by atoms with van der Waals surface area (Å²) in [5, 5.41) is 8.95. The number of aliphatic hydroxyl groups excluding tert-OH is 1. The lowest BCUT2D eigenvalue weighted by molar-refractivity contribution is -0.151. The highest BCUT2D eigenvalue weighted by Gasteiger charge is 2.19. The number of allylic oxidation sites excluding steroid dienone is 1. The highest BCUT2D eigenvalue weighted by atomic mass is 28.4. The normalized spacial score (nSPS) is 15.6. The molecule has 15 heavy (non-hydrogen) atoms. The molecule has 0 aromatic carbocycles. The molecule has 1 atom stereocenters. The Morgan fingerprint density at radius 3 is 2.13 bits per heavy atom. The van der Waals surface area contributed by atoms with Gasteiger partial charge in [-0.3, -0.25) is 0 Å². The van der Waals surface area contributed by atoms with Crippen LogP contribution in [-0.2, 0) is 14.0 Å². The van der Waals surface area contributed by atoms with Crippen LogP contribution in [0, 0.1) is 0 Å². The molecule has 0 aliphatic rings. The van der Waals surface area contributed by atoms with Crippen LogP contribution in [0.5, 0.6) is 0 Å². The molecule has 0 heterocycles. The Hall–Kier alpha value is -0.596. The fourth-order valence-electron chi connectivity index (χ4n) is 0.923. The van der Waals surface area contributed by atoms with Crippen LogP contribution < -0.4 is 0 Å². The van der Waals surface area contributed by atoms with E-state index in [0.717, 1.165) is 0 Å². The second-order valence-corrected chi connectivity index (χ2v) is 9.82. The molecule has 0 aliphatic heterocycles. The number of carbonyl (C=O) groups excluding carboxylic acids is 1. The maximum atomic E-state index is 11.4. The van der Waals surface area contributed by atoms with E-state index < -0.39 is 20.2 Å². The molecular formula is C9H20O4Si2. The maximum absolute atomic E-state index is 11.4. The summed E-state index contributed by atoms with van der Waals surface area (Å²) >= 11 is 0. The van der Waals surface area contributed by atoms with E-state index in [1.54, 1.807) is 13.8 Å². The molecule has 0 aromatic rings. The van der Waals surface area contributed by atoms with Gasteiger partial charge in [-0.1, -0.05) is 0 Å². The number of aliphatic hydroxyl groups is 1. The van der Waals surface area contributed by atoms with Gasteiger partial charge in [0.05, 0.1) is 21.6 Å². The van der Waals surface area contributed by atoms with Crippen LogP contribution in [0.4, 0.5) is 0 Å². The predicted octanol–water partition coefficient (Wildman–Crippen LogP) is 0.316. The van der Waals surface area contributed by atoms with Gasteiger partial charge in [0.2, 0.25) is 8.32 Å². The zero-order valence-electron chi connectivity index (χ0n) is 10.2. The van der Waals surface area contributed by atoms with Crippen molar-refractivity contribution >= 4 is 24.5 Å². The number of esters is 1. The second-order valence-electron chi connectivity index (χ2n) is 4.40. The van der Waals surface area contributed by atoms with E-state index in [1.165, 1.54) is 0 Å². The summed E-state index contributed by atoms with van der Waals surface area (Å²) in [6.07, 6.45) is 0. The smallest absolute Gasteiger partial charge is 0.339 e. The van der Waals surface area contributed by atoms with E-state index in [4.69, 9.17) is 14.3 Å². The molecule has 0 saturated carbocycles. The lowest BCUT2D eigenvalue weighted by atomic mass is 10.3. The zero-order valence-corrected chi connectivity index (χ0v) is 13.2. The highest BCUT2D eigenvalue weighted by Crippen LogP contribution is 2.14. The van der Waals surface area contributed by atoms with E-state index in [0.29, 0.717) is 21.6 Å². The Morgan fingerprint density at radius 2 is 1.80 bits per heavy atom. The second kappa shape index (κ2) is 5.48. The summed E-state index contributed by atoms with van der Waals surface area (Å²) < 4.78 is 10.4. The molecule has 0 bridgehead atoms. The number of hydrogen-bond donors (Lipinski definition) is 1. The summed E-state index contributed by atoms with van der Waals surface area (Å²) in [4.78, 5) is 11.4. The predicted molar refractivity (Wildman–Crippen MR) is 64.8 cm³/mol. The van der Waals surface area contributed by atoms with Gasteiger partial charge in [0.1, 0.15) is 0 Å². The SMILES string of the molecule is CC(O[Si](C)(C)C)=C(C)C(=O)OC(O)[SiH3]. The topological polar surface area (TPSA) is 55.8 Å². The maximum Gasteiger partial charge on any atom is 0.339 e.